The van der Waals surface area contributed by atoms with E-state index >= 15 is 0 Å². The molecule has 6 heteroatoms. The molecule has 1 fully saturated rings. The van der Waals surface area contributed by atoms with Crippen LogP contribution in [0, 0.1) is 5.92 Å². The second-order valence-corrected chi connectivity index (χ2v) is 7.80. The molecule has 0 radical (unpaired) electrons. The number of anilines is 1. The van der Waals surface area contributed by atoms with Crippen molar-refractivity contribution in [2.75, 3.05) is 32.5 Å². The van der Waals surface area contributed by atoms with Crippen LogP contribution in [0.15, 0.2) is 54.6 Å². The minimum atomic E-state index is -0.791. The summed E-state index contributed by atoms with van der Waals surface area (Å²) in [6.45, 7) is 1.22. The first kappa shape index (κ1) is 20.9. The molecule has 1 aliphatic rings. The maximum atomic E-state index is 13.0. The lowest BCUT2D eigenvalue weighted by atomic mass is 9.87. The van der Waals surface area contributed by atoms with E-state index in [4.69, 9.17) is 5.11 Å². The second-order valence-electron chi connectivity index (χ2n) is 7.80. The number of benzene rings is 2. The normalized spacial score (nSPS) is 19.2. The van der Waals surface area contributed by atoms with Crippen LogP contribution in [-0.2, 0) is 4.79 Å². The highest BCUT2D eigenvalue weighted by atomic mass is 16.4. The van der Waals surface area contributed by atoms with Gasteiger partial charge in [-0.05, 0) is 44.5 Å². The highest BCUT2D eigenvalue weighted by Gasteiger charge is 2.33. The average molecular weight is 396 g/mol. The monoisotopic (exact) mass is 395 g/mol. The maximum absolute atomic E-state index is 13.0. The van der Waals surface area contributed by atoms with Crippen molar-refractivity contribution in [1.29, 1.82) is 0 Å². The molecule has 0 aromatic heterocycles. The molecule has 0 aliphatic carbocycles. The lowest BCUT2D eigenvalue weighted by molar-refractivity contribution is -0.137. The Morgan fingerprint density at radius 2 is 1.79 bits per heavy atom. The van der Waals surface area contributed by atoms with E-state index in [0.29, 0.717) is 19.5 Å². The van der Waals surface area contributed by atoms with E-state index in [1.54, 1.807) is 0 Å². The molecule has 154 valence electrons. The molecule has 2 atom stereocenters. The first-order valence-corrected chi connectivity index (χ1v) is 10.0. The van der Waals surface area contributed by atoms with Crippen molar-refractivity contribution >= 4 is 17.7 Å². The molecule has 1 heterocycles. The SMILES string of the molecule is CN(C)[C@@H]1CCN(C(=O)Nc2ccccc2-c2ccccc2)C[C@@H]1CCC(=O)O. The van der Waals surface area contributed by atoms with Crippen molar-refractivity contribution in [2.45, 2.75) is 25.3 Å². The molecule has 0 bridgehead atoms. The summed E-state index contributed by atoms with van der Waals surface area (Å²) in [6.07, 6.45) is 1.54. The van der Waals surface area contributed by atoms with Crippen LogP contribution in [0.25, 0.3) is 11.1 Å². The van der Waals surface area contributed by atoms with E-state index in [1.807, 2.05) is 73.6 Å². The third-order valence-corrected chi connectivity index (χ3v) is 5.63. The van der Waals surface area contributed by atoms with Gasteiger partial charge in [-0.25, -0.2) is 4.79 Å². The van der Waals surface area contributed by atoms with Gasteiger partial charge < -0.3 is 20.2 Å². The topological polar surface area (TPSA) is 72.9 Å². The summed E-state index contributed by atoms with van der Waals surface area (Å²) in [7, 11) is 4.04. The molecule has 29 heavy (non-hydrogen) atoms. The Labute approximate surface area is 172 Å². The van der Waals surface area contributed by atoms with Crippen molar-refractivity contribution in [3.63, 3.8) is 0 Å². The summed E-state index contributed by atoms with van der Waals surface area (Å²) in [6, 6.07) is 17.9. The van der Waals surface area contributed by atoms with Crippen LogP contribution in [0.1, 0.15) is 19.3 Å². The molecule has 3 rings (SSSR count). The average Bonchev–Trinajstić information content (AvgIpc) is 2.73. The van der Waals surface area contributed by atoms with Crippen LogP contribution in [0.4, 0.5) is 10.5 Å². The van der Waals surface area contributed by atoms with Gasteiger partial charge in [0.15, 0.2) is 0 Å². The van der Waals surface area contributed by atoms with Gasteiger partial charge in [0.2, 0.25) is 0 Å². The van der Waals surface area contributed by atoms with Gasteiger partial charge in [0, 0.05) is 31.1 Å². The zero-order valence-electron chi connectivity index (χ0n) is 17.0. The summed E-state index contributed by atoms with van der Waals surface area (Å²) in [5.41, 5.74) is 2.81. The number of carbonyl (C=O) groups excluding carboxylic acids is 1. The van der Waals surface area contributed by atoms with Crippen LogP contribution in [-0.4, -0.2) is 60.1 Å². The highest BCUT2D eigenvalue weighted by molar-refractivity contribution is 5.94. The number of hydrogen-bond acceptors (Lipinski definition) is 3. The van der Waals surface area contributed by atoms with Crippen molar-refractivity contribution in [2.24, 2.45) is 5.92 Å². The molecule has 0 saturated carbocycles. The molecule has 0 spiro atoms. The van der Waals surface area contributed by atoms with Crippen LogP contribution in [0.5, 0.6) is 0 Å². The lowest BCUT2D eigenvalue weighted by Crippen LogP contribution is -2.51. The standard InChI is InChI=1S/C23H29N3O3/c1-25(2)21-14-15-26(16-18(21)12-13-22(27)28)23(29)24-20-11-7-6-10-19(20)17-8-4-3-5-9-17/h3-11,18,21H,12-16H2,1-2H3,(H,24,29)(H,27,28)/t18-,21+/m0/s1. The highest BCUT2D eigenvalue weighted by Crippen LogP contribution is 2.29. The number of carboxylic acids is 1. The molecule has 2 amide bonds. The number of aliphatic carboxylic acids is 1. The first-order chi connectivity index (χ1) is 14.0. The summed E-state index contributed by atoms with van der Waals surface area (Å²) >= 11 is 0. The number of nitrogens with one attached hydrogen (secondary N) is 1. The number of carbonyl (C=O) groups is 2. The molecule has 2 aromatic carbocycles. The van der Waals surface area contributed by atoms with Crippen LogP contribution < -0.4 is 5.32 Å². The van der Waals surface area contributed by atoms with Gasteiger partial charge in [0.05, 0.1) is 5.69 Å². The maximum Gasteiger partial charge on any atom is 0.321 e. The van der Waals surface area contributed by atoms with Crippen LogP contribution in [0.2, 0.25) is 0 Å². The number of likely N-dealkylation sites (tertiary alicyclic amines) is 1. The Bertz CT molecular complexity index is 838. The molecule has 6 nitrogen and oxygen atoms in total. The summed E-state index contributed by atoms with van der Waals surface area (Å²) in [4.78, 5) is 28.0. The third-order valence-electron chi connectivity index (χ3n) is 5.63. The number of carboxylic acid groups (broad SMARTS) is 1. The zero-order valence-corrected chi connectivity index (χ0v) is 17.0. The largest absolute Gasteiger partial charge is 0.481 e. The fraction of sp³-hybridized carbons (Fsp3) is 0.391. The number of urea groups is 1. The molecular formula is C23H29N3O3. The fourth-order valence-electron chi connectivity index (χ4n) is 4.13. The van der Waals surface area contributed by atoms with E-state index in [1.165, 1.54) is 0 Å². The fourth-order valence-corrected chi connectivity index (χ4v) is 4.13. The summed E-state index contributed by atoms with van der Waals surface area (Å²) in [5, 5.41) is 12.1. The van der Waals surface area contributed by atoms with Gasteiger partial charge in [-0.1, -0.05) is 48.5 Å². The third kappa shape index (κ3) is 5.35. The van der Waals surface area contributed by atoms with Crippen molar-refractivity contribution in [3.8, 4) is 11.1 Å². The van der Waals surface area contributed by atoms with E-state index in [2.05, 4.69) is 10.2 Å². The molecule has 1 aliphatic heterocycles. The van der Waals surface area contributed by atoms with Crippen LogP contribution >= 0.6 is 0 Å². The summed E-state index contributed by atoms with van der Waals surface area (Å²) in [5.74, 6) is -0.647. The number of para-hydroxylation sites is 1. The number of amides is 2. The first-order valence-electron chi connectivity index (χ1n) is 10.0. The Hall–Kier alpha value is -2.86. The minimum Gasteiger partial charge on any atom is -0.481 e. The Balaban J connectivity index is 1.72. The molecular weight excluding hydrogens is 366 g/mol. The number of nitrogens with zero attached hydrogens (tertiary/aromatic N) is 2. The smallest absolute Gasteiger partial charge is 0.321 e. The quantitative estimate of drug-likeness (QED) is 0.775. The van der Waals surface area contributed by atoms with E-state index in [0.717, 1.165) is 23.2 Å². The van der Waals surface area contributed by atoms with Gasteiger partial charge in [-0.2, -0.15) is 0 Å². The Kier molecular flexibility index (Phi) is 6.88. The second kappa shape index (κ2) is 9.56. The van der Waals surface area contributed by atoms with E-state index < -0.39 is 5.97 Å². The van der Waals surface area contributed by atoms with Gasteiger partial charge in [0.1, 0.15) is 0 Å². The predicted molar refractivity (Wildman–Crippen MR) is 115 cm³/mol. The van der Waals surface area contributed by atoms with Crippen molar-refractivity contribution < 1.29 is 14.7 Å². The summed E-state index contributed by atoms with van der Waals surface area (Å²) < 4.78 is 0. The number of hydrogen-bond donors (Lipinski definition) is 2. The van der Waals surface area contributed by atoms with Crippen LogP contribution in [0.3, 0.4) is 0 Å². The predicted octanol–water partition coefficient (Wildman–Crippen LogP) is 4.00. The molecule has 0 unspecified atom stereocenters. The minimum absolute atomic E-state index is 0.126. The van der Waals surface area contributed by atoms with Gasteiger partial charge in [0.25, 0.3) is 0 Å². The lowest BCUT2D eigenvalue weighted by Gasteiger charge is -2.41. The van der Waals surface area contributed by atoms with E-state index in [-0.39, 0.29) is 24.4 Å². The van der Waals surface area contributed by atoms with Gasteiger partial charge in [-0.15, -0.1) is 0 Å². The van der Waals surface area contributed by atoms with Gasteiger partial charge in [-0.3, -0.25) is 4.79 Å². The Morgan fingerprint density at radius 1 is 1.10 bits per heavy atom. The molecule has 2 N–H and O–H groups in total. The number of rotatable bonds is 6. The molecule has 2 aromatic rings. The van der Waals surface area contributed by atoms with Crippen molar-refractivity contribution in [3.05, 3.63) is 54.6 Å². The van der Waals surface area contributed by atoms with Gasteiger partial charge >= 0.3 is 12.0 Å². The molecule has 1 saturated heterocycles. The zero-order chi connectivity index (χ0) is 20.8. The Morgan fingerprint density at radius 3 is 2.48 bits per heavy atom. The van der Waals surface area contributed by atoms with Crippen molar-refractivity contribution in [1.82, 2.24) is 9.80 Å². The number of piperidine rings is 1. The van der Waals surface area contributed by atoms with E-state index in [9.17, 15) is 9.59 Å².